The van der Waals surface area contributed by atoms with E-state index in [9.17, 15) is 9.59 Å². The van der Waals surface area contributed by atoms with Gasteiger partial charge in [-0.1, -0.05) is 25.3 Å². The minimum atomic E-state index is -0.344. The molecule has 7 nitrogen and oxygen atoms in total. The summed E-state index contributed by atoms with van der Waals surface area (Å²) in [5, 5.41) is 10.7. The van der Waals surface area contributed by atoms with E-state index in [0.29, 0.717) is 18.1 Å². The number of aryl methyl sites for hydroxylation is 1. The molecule has 8 heteroatoms. The van der Waals surface area contributed by atoms with Gasteiger partial charge in [-0.25, -0.2) is 0 Å². The van der Waals surface area contributed by atoms with Crippen molar-refractivity contribution < 1.29 is 19.1 Å². The molecule has 3 N–H and O–H groups in total. The number of amides is 2. The van der Waals surface area contributed by atoms with Gasteiger partial charge < -0.3 is 25.4 Å². The van der Waals surface area contributed by atoms with Gasteiger partial charge in [0.05, 0.1) is 12.2 Å². The molecule has 1 atom stereocenters. The molecule has 182 valence electrons. The second kappa shape index (κ2) is 10.3. The van der Waals surface area contributed by atoms with Crippen LogP contribution in [0.3, 0.4) is 0 Å². The molecule has 1 aliphatic heterocycles. The highest BCUT2D eigenvalue weighted by Crippen LogP contribution is 2.42. The molecule has 34 heavy (non-hydrogen) atoms. The van der Waals surface area contributed by atoms with Gasteiger partial charge in [0.25, 0.3) is 11.8 Å². The van der Waals surface area contributed by atoms with Crippen molar-refractivity contribution in [1.82, 2.24) is 10.6 Å². The number of carbonyl (C=O) groups is 2. The number of benzene rings is 1. The van der Waals surface area contributed by atoms with Crippen molar-refractivity contribution in [2.45, 2.75) is 76.9 Å². The largest absolute Gasteiger partial charge is 0.490 e. The van der Waals surface area contributed by atoms with Crippen molar-refractivity contribution in [1.29, 1.82) is 0 Å². The lowest BCUT2D eigenvalue weighted by molar-refractivity contribution is -0.124. The highest BCUT2D eigenvalue weighted by atomic mass is 32.1. The number of fused-ring (bicyclic) bond motifs is 3. The predicted molar refractivity (Wildman–Crippen MR) is 133 cm³/mol. The van der Waals surface area contributed by atoms with E-state index >= 15 is 0 Å². The molecule has 0 spiro atoms. The van der Waals surface area contributed by atoms with Crippen molar-refractivity contribution in [3.8, 4) is 11.5 Å². The zero-order chi connectivity index (χ0) is 23.5. The zero-order valence-corrected chi connectivity index (χ0v) is 20.5. The van der Waals surface area contributed by atoms with E-state index in [1.54, 1.807) is 11.3 Å². The van der Waals surface area contributed by atoms with Crippen LogP contribution in [0.5, 0.6) is 11.5 Å². The minimum absolute atomic E-state index is 0.0178. The molecular weight excluding hydrogens is 450 g/mol. The van der Waals surface area contributed by atoms with E-state index in [4.69, 9.17) is 9.47 Å². The second-order valence-electron chi connectivity index (χ2n) is 9.30. The van der Waals surface area contributed by atoms with E-state index < -0.39 is 0 Å². The summed E-state index contributed by atoms with van der Waals surface area (Å²) in [6, 6.07) is 5.87. The Morgan fingerprint density at radius 3 is 2.71 bits per heavy atom. The second-order valence-corrected chi connectivity index (χ2v) is 10.4. The van der Waals surface area contributed by atoms with Crippen LogP contribution in [0, 0.1) is 0 Å². The Morgan fingerprint density at radius 1 is 1.06 bits per heavy atom. The third-order valence-electron chi connectivity index (χ3n) is 6.88. The van der Waals surface area contributed by atoms with Crippen molar-refractivity contribution in [2.24, 2.45) is 0 Å². The standard InChI is InChI=1S/C26H33N3O4S/c1-2-32-20-14-16(12-13-19(20)33-15-22(30)27-17-8-4-3-5-9-17)24-28-25(31)23-18-10-6-7-11-21(18)34-26(23)29-24/h12-14,17,24,29H,2-11,15H2,1H3,(H,27,30)(H,28,31)/t24-/m1/s1. The number of nitrogens with one attached hydrogen (secondary N) is 3. The van der Waals surface area contributed by atoms with E-state index in [-0.39, 0.29) is 30.6 Å². The third-order valence-corrected chi connectivity index (χ3v) is 8.10. The summed E-state index contributed by atoms with van der Waals surface area (Å²) >= 11 is 1.71. The molecule has 1 fully saturated rings. The van der Waals surface area contributed by atoms with Crippen LogP contribution < -0.4 is 25.4 Å². The monoisotopic (exact) mass is 483 g/mol. The number of hydrogen-bond donors (Lipinski definition) is 3. The summed E-state index contributed by atoms with van der Waals surface area (Å²) in [5.41, 5.74) is 2.93. The van der Waals surface area contributed by atoms with Gasteiger partial charge in [-0.3, -0.25) is 9.59 Å². The fraction of sp³-hybridized carbons (Fsp3) is 0.538. The maximum atomic E-state index is 13.0. The molecule has 1 aromatic carbocycles. The van der Waals surface area contributed by atoms with Crippen LogP contribution in [0.4, 0.5) is 5.00 Å². The molecule has 0 unspecified atom stereocenters. The highest BCUT2D eigenvalue weighted by Gasteiger charge is 2.32. The molecule has 2 aromatic rings. The summed E-state index contributed by atoms with van der Waals surface area (Å²) in [6.07, 6.45) is 9.70. The number of anilines is 1. The summed E-state index contributed by atoms with van der Waals surface area (Å²) in [4.78, 5) is 26.7. The Morgan fingerprint density at radius 2 is 1.88 bits per heavy atom. The number of carbonyl (C=O) groups excluding carboxylic acids is 2. The van der Waals surface area contributed by atoms with Crippen LogP contribution in [0.15, 0.2) is 18.2 Å². The maximum Gasteiger partial charge on any atom is 0.258 e. The normalized spacial score (nSPS) is 19.9. The van der Waals surface area contributed by atoms with E-state index in [1.807, 2.05) is 25.1 Å². The van der Waals surface area contributed by atoms with Crippen LogP contribution in [0.25, 0.3) is 0 Å². The first kappa shape index (κ1) is 23.0. The topological polar surface area (TPSA) is 88.7 Å². The first-order chi connectivity index (χ1) is 16.6. The Kier molecular flexibility index (Phi) is 6.94. The average molecular weight is 484 g/mol. The lowest BCUT2D eigenvalue weighted by Crippen LogP contribution is -2.39. The first-order valence-electron chi connectivity index (χ1n) is 12.5. The Labute approximate surface area is 204 Å². The van der Waals surface area contributed by atoms with Crippen molar-refractivity contribution in [3.05, 3.63) is 39.8 Å². The smallest absolute Gasteiger partial charge is 0.258 e. The van der Waals surface area contributed by atoms with Gasteiger partial charge in [0.1, 0.15) is 11.2 Å². The van der Waals surface area contributed by atoms with Crippen molar-refractivity contribution >= 4 is 28.2 Å². The third kappa shape index (κ3) is 4.87. The number of ether oxygens (including phenoxy) is 2. The van der Waals surface area contributed by atoms with Crippen LogP contribution in [0.2, 0.25) is 0 Å². The van der Waals surface area contributed by atoms with E-state index in [2.05, 4.69) is 16.0 Å². The van der Waals surface area contributed by atoms with Gasteiger partial charge >= 0.3 is 0 Å². The molecule has 0 radical (unpaired) electrons. The van der Waals surface area contributed by atoms with Crippen LogP contribution in [-0.4, -0.2) is 31.1 Å². The lowest BCUT2D eigenvalue weighted by atomic mass is 9.94. The van der Waals surface area contributed by atoms with Crippen LogP contribution in [-0.2, 0) is 17.6 Å². The molecule has 3 aliphatic rings. The number of thiophene rings is 1. The Bertz CT molecular complexity index is 1060. The van der Waals surface area contributed by atoms with E-state index in [1.165, 1.54) is 36.1 Å². The molecule has 2 heterocycles. The lowest BCUT2D eigenvalue weighted by Gasteiger charge is -2.27. The van der Waals surface area contributed by atoms with Gasteiger partial charge in [-0.05, 0) is 68.7 Å². The molecule has 5 rings (SSSR count). The predicted octanol–water partition coefficient (Wildman–Crippen LogP) is 4.71. The van der Waals surface area contributed by atoms with Gasteiger partial charge in [-0.15, -0.1) is 11.3 Å². The Balaban J connectivity index is 1.28. The fourth-order valence-corrected chi connectivity index (χ4v) is 6.51. The fourth-order valence-electron chi connectivity index (χ4n) is 5.20. The molecule has 0 saturated heterocycles. The molecule has 1 saturated carbocycles. The number of hydrogen-bond acceptors (Lipinski definition) is 6. The van der Waals surface area contributed by atoms with Gasteiger partial charge in [0.15, 0.2) is 18.1 Å². The highest BCUT2D eigenvalue weighted by molar-refractivity contribution is 7.16. The van der Waals surface area contributed by atoms with Gasteiger partial charge in [-0.2, -0.15) is 0 Å². The summed E-state index contributed by atoms with van der Waals surface area (Å²) in [5.74, 6) is 0.973. The van der Waals surface area contributed by atoms with Crippen molar-refractivity contribution in [3.63, 3.8) is 0 Å². The molecule has 2 amide bonds. The quantitative estimate of drug-likeness (QED) is 0.531. The average Bonchev–Trinajstić information content (AvgIpc) is 3.23. The van der Waals surface area contributed by atoms with E-state index in [0.717, 1.165) is 48.2 Å². The summed E-state index contributed by atoms with van der Waals surface area (Å²) < 4.78 is 11.6. The van der Waals surface area contributed by atoms with Crippen LogP contribution >= 0.6 is 11.3 Å². The molecule has 1 aromatic heterocycles. The van der Waals surface area contributed by atoms with Gasteiger partial charge in [0, 0.05) is 10.9 Å². The summed E-state index contributed by atoms with van der Waals surface area (Å²) in [7, 11) is 0. The van der Waals surface area contributed by atoms with Crippen molar-refractivity contribution in [2.75, 3.05) is 18.5 Å². The molecular formula is C26H33N3O4S. The summed E-state index contributed by atoms with van der Waals surface area (Å²) in [6.45, 7) is 2.34. The number of rotatable bonds is 7. The zero-order valence-electron chi connectivity index (χ0n) is 19.7. The maximum absolute atomic E-state index is 13.0. The molecule has 2 aliphatic carbocycles. The van der Waals surface area contributed by atoms with Crippen LogP contribution in [0.1, 0.15) is 84.4 Å². The minimum Gasteiger partial charge on any atom is -0.490 e. The Hall–Kier alpha value is -2.74. The first-order valence-corrected chi connectivity index (χ1v) is 13.3. The SMILES string of the molecule is CCOc1cc([C@@H]2NC(=O)c3c(sc4c3CCCC4)N2)ccc1OCC(=O)NC1CCCCC1. The van der Waals surface area contributed by atoms with Gasteiger partial charge in [0.2, 0.25) is 0 Å². The molecule has 0 bridgehead atoms.